The van der Waals surface area contributed by atoms with Gasteiger partial charge in [-0.15, -0.1) is 0 Å². The van der Waals surface area contributed by atoms with E-state index in [2.05, 4.69) is 15.3 Å². The van der Waals surface area contributed by atoms with Crippen LogP contribution in [0.25, 0.3) is 11.0 Å². The highest BCUT2D eigenvalue weighted by atomic mass is 16.5. The largest absolute Gasteiger partial charge is 0.365 e. The Hall–Kier alpha value is -2.54. The maximum Gasteiger partial charge on any atom is 0.251 e. The second-order valence-electron chi connectivity index (χ2n) is 6.02. The molecule has 2 aromatic rings. The van der Waals surface area contributed by atoms with Crippen LogP contribution in [-0.4, -0.2) is 59.5 Å². The van der Waals surface area contributed by atoms with Gasteiger partial charge in [-0.2, -0.15) is 0 Å². The number of ether oxygens (including phenoxy) is 1. The lowest BCUT2D eigenvalue weighted by Gasteiger charge is -2.29. The van der Waals surface area contributed by atoms with Gasteiger partial charge in [0.05, 0.1) is 28.5 Å². The molecular formula is C17H20N4O3. The number of hydrogen-bond acceptors (Lipinski definition) is 5. The van der Waals surface area contributed by atoms with Crippen LogP contribution in [0.5, 0.6) is 0 Å². The molecule has 0 spiro atoms. The third-order valence-corrected chi connectivity index (χ3v) is 4.17. The quantitative estimate of drug-likeness (QED) is 0.902. The van der Waals surface area contributed by atoms with Gasteiger partial charge in [0.25, 0.3) is 5.91 Å². The van der Waals surface area contributed by atoms with Gasteiger partial charge in [-0.1, -0.05) is 0 Å². The van der Waals surface area contributed by atoms with Gasteiger partial charge in [0, 0.05) is 25.7 Å². The lowest BCUT2D eigenvalue weighted by Crippen LogP contribution is -2.48. The number of aromatic nitrogens is 2. The number of rotatable bonds is 3. The smallest absolute Gasteiger partial charge is 0.251 e. The van der Waals surface area contributed by atoms with Crippen LogP contribution in [0.2, 0.25) is 0 Å². The molecule has 2 amide bonds. The van der Waals surface area contributed by atoms with Crippen molar-refractivity contribution in [3.05, 3.63) is 35.2 Å². The molecule has 1 aliphatic heterocycles. The van der Waals surface area contributed by atoms with Crippen molar-refractivity contribution in [2.45, 2.75) is 20.0 Å². The number of benzene rings is 1. The first-order valence-electron chi connectivity index (χ1n) is 7.83. The molecule has 1 aliphatic rings. The number of hydrogen-bond donors (Lipinski definition) is 1. The van der Waals surface area contributed by atoms with Crippen LogP contribution in [0, 0.1) is 13.8 Å². The number of amides is 2. The summed E-state index contributed by atoms with van der Waals surface area (Å²) < 4.78 is 5.42. The highest BCUT2D eigenvalue weighted by molar-refractivity contribution is 5.97. The summed E-state index contributed by atoms with van der Waals surface area (Å²) in [6, 6.07) is 5.27. The fraction of sp³-hybridized carbons (Fsp3) is 0.412. The first-order valence-corrected chi connectivity index (χ1v) is 7.83. The summed E-state index contributed by atoms with van der Waals surface area (Å²) in [5.74, 6) is -0.239. The topological polar surface area (TPSA) is 84.4 Å². The van der Waals surface area contributed by atoms with E-state index in [4.69, 9.17) is 4.74 Å². The van der Waals surface area contributed by atoms with Crippen LogP contribution in [0.1, 0.15) is 21.7 Å². The minimum absolute atomic E-state index is 0.0451. The zero-order valence-corrected chi connectivity index (χ0v) is 14.0. The SMILES string of the molecule is Cc1nc2ccc(C(=O)NCC3CN(C)C(=O)CO3)cc2nc1C. The van der Waals surface area contributed by atoms with Gasteiger partial charge >= 0.3 is 0 Å². The van der Waals surface area contributed by atoms with Crippen molar-refractivity contribution in [2.75, 3.05) is 26.7 Å². The minimum Gasteiger partial charge on any atom is -0.365 e. The Labute approximate surface area is 140 Å². The first-order chi connectivity index (χ1) is 11.4. The fourth-order valence-corrected chi connectivity index (χ4v) is 2.56. The van der Waals surface area contributed by atoms with E-state index >= 15 is 0 Å². The molecule has 1 atom stereocenters. The summed E-state index contributed by atoms with van der Waals surface area (Å²) in [5.41, 5.74) is 3.73. The van der Waals surface area contributed by atoms with Gasteiger partial charge < -0.3 is 15.0 Å². The van der Waals surface area contributed by atoms with Crippen LogP contribution in [-0.2, 0) is 9.53 Å². The number of morpholine rings is 1. The molecule has 2 heterocycles. The summed E-state index contributed by atoms with van der Waals surface area (Å²) >= 11 is 0. The van der Waals surface area contributed by atoms with E-state index in [1.165, 1.54) is 0 Å². The van der Waals surface area contributed by atoms with Crippen molar-refractivity contribution in [3.8, 4) is 0 Å². The molecule has 1 unspecified atom stereocenters. The summed E-state index contributed by atoms with van der Waals surface area (Å²) in [6.45, 7) is 4.69. The molecule has 24 heavy (non-hydrogen) atoms. The maximum absolute atomic E-state index is 12.3. The summed E-state index contributed by atoms with van der Waals surface area (Å²) in [7, 11) is 1.73. The molecular weight excluding hydrogens is 308 g/mol. The maximum atomic E-state index is 12.3. The fourth-order valence-electron chi connectivity index (χ4n) is 2.56. The Balaban J connectivity index is 1.68. The first kappa shape index (κ1) is 16.3. The lowest BCUT2D eigenvalue weighted by molar-refractivity contribution is -0.146. The molecule has 0 aliphatic carbocycles. The van der Waals surface area contributed by atoms with Gasteiger partial charge in [0.15, 0.2) is 0 Å². The van der Waals surface area contributed by atoms with E-state index in [0.717, 1.165) is 16.9 Å². The van der Waals surface area contributed by atoms with Gasteiger partial charge in [-0.25, -0.2) is 9.97 Å². The predicted octanol–water partition coefficient (Wildman–Crippen LogP) is 0.834. The van der Waals surface area contributed by atoms with E-state index in [0.29, 0.717) is 24.2 Å². The summed E-state index contributed by atoms with van der Waals surface area (Å²) in [5, 5.41) is 2.84. The second-order valence-corrected chi connectivity index (χ2v) is 6.02. The molecule has 3 rings (SSSR count). The van der Waals surface area contributed by atoms with Crippen molar-refractivity contribution >= 4 is 22.8 Å². The number of likely N-dealkylation sites (N-methyl/N-ethyl adjacent to an activating group) is 1. The molecule has 1 fully saturated rings. The third kappa shape index (κ3) is 3.35. The summed E-state index contributed by atoms with van der Waals surface area (Å²) in [6.07, 6.45) is -0.193. The molecule has 126 valence electrons. The number of nitrogens with one attached hydrogen (secondary N) is 1. The van der Waals surface area contributed by atoms with Crippen molar-refractivity contribution in [3.63, 3.8) is 0 Å². The van der Waals surface area contributed by atoms with Crippen LogP contribution in [0.4, 0.5) is 0 Å². The molecule has 1 aromatic heterocycles. The second kappa shape index (κ2) is 6.52. The molecule has 0 saturated carbocycles. The van der Waals surface area contributed by atoms with Crippen LogP contribution >= 0.6 is 0 Å². The van der Waals surface area contributed by atoms with Crippen molar-refractivity contribution in [1.82, 2.24) is 20.2 Å². The molecule has 1 N–H and O–H groups in total. The molecule has 1 aromatic carbocycles. The average molecular weight is 328 g/mol. The third-order valence-electron chi connectivity index (χ3n) is 4.17. The Morgan fingerprint density at radius 2 is 2.00 bits per heavy atom. The Morgan fingerprint density at radius 3 is 2.71 bits per heavy atom. The number of aryl methyl sites for hydroxylation is 2. The molecule has 7 heteroatoms. The van der Waals surface area contributed by atoms with Gasteiger partial charge in [-0.3, -0.25) is 9.59 Å². The zero-order valence-electron chi connectivity index (χ0n) is 14.0. The normalized spacial score (nSPS) is 18.0. The average Bonchev–Trinajstić information content (AvgIpc) is 2.56. The Bertz CT molecular complexity index is 806. The minimum atomic E-state index is -0.194. The highest BCUT2D eigenvalue weighted by Crippen LogP contribution is 2.14. The Morgan fingerprint density at radius 1 is 1.29 bits per heavy atom. The number of carbonyl (C=O) groups excluding carboxylic acids is 2. The van der Waals surface area contributed by atoms with Crippen molar-refractivity contribution in [1.29, 1.82) is 0 Å². The van der Waals surface area contributed by atoms with E-state index in [-0.39, 0.29) is 24.5 Å². The zero-order chi connectivity index (χ0) is 17.3. The lowest BCUT2D eigenvalue weighted by atomic mass is 10.1. The molecule has 7 nitrogen and oxygen atoms in total. The van der Waals surface area contributed by atoms with Crippen LogP contribution in [0.15, 0.2) is 18.2 Å². The van der Waals surface area contributed by atoms with E-state index < -0.39 is 0 Å². The summed E-state index contributed by atoms with van der Waals surface area (Å²) in [4.78, 5) is 34.3. The van der Waals surface area contributed by atoms with Crippen LogP contribution in [0.3, 0.4) is 0 Å². The number of carbonyl (C=O) groups is 2. The standard InChI is InChI=1S/C17H20N4O3/c1-10-11(2)20-15-6-12(4-5-14(15)19-10)17(23)18-7-13-8-21(3)16(22)9-24-13/h4-6,13H,7-9H2,1-3H3,(H,18,23). The molecule has 0 bridgehead atoms. The van der Waals surface area contributed by atoms with E-state index in [1.807, 2.05) is 13.8 Å². The van der Waals surface area contributed by atoms with Gasteiger partial charge in [0.1, 0.15) is 6.61 Å². The van der Waals surface area contributed by atoms with Crippen molar-refractivity contribution < 1.29 is 14.3 Å². The van der Waals surface area contributed by atoms with Gasteiger partial charge in [0.2, 0.25) is 5.91 Å². The number of fused-ring (bicyclic) bond motifs is 1. The van der Waals surface area contributed by atoms with E-state index in [9.17, 15) is 9.59 Å². The monoisotopic (exact) mass is 328 g/mol. The Kier molecular flexibility index (Phi) is 4.44. The van der Waals surface area contributed by atoms with E-state index in [1.54, 1.807) is 30.1 Å². The molecule has 0 radical (unpaired) electrons. The molecule has 1 saturated heterocycles. The van der Waals surface area contributed by atoms with Crippen molar-refractivity contribution in [2.24, 2.45) is 0 Å². The predicted molar refractivity (Wildman–Crippen MR) is 88.7 cm³/mol. The van der Waals surface area contributed by atoms with Crippen LogP contribution < -0.4 is 5.32 Å². The highest BCUT2D eigenvalue weighted by Gasteiger charge is 2.23. The number of nitrogens with zero attached hydrogens (tertiary/aromatic N) is 3. The van der Waals surface area contributed by atoms with Gasteiger partial charge in [-0.05, 0) is 32.0 Å².